The molecule has 2 saturated heterocycles. The van der Waals surface area contributed by atoms with Crippen LogP contribution in [0.25, 0.3) is 0 Å². The molecule has 0 saturated carbocycles. The molecule has 4 aliphatic rings. The molecule has 28 heavy (non-hydrogen) atoms. The minimum atomic E-state index is -0.630. The van der Waals surface area contributed by atoms with E-state index in [-0.39, 0.29) is 30.2 Å². The summed E-state index contributed by atoms with van der Waals surface area (Å²) in [6, 6.07) is 3.26. The van der Waals surface area contributed by atoms with Crippen molar-refractivity contribution in [3.05, 3.63) is 34.4 Å². The van der Waals surface area contributed by atoms with Gasteiger partial charge in [-0.3, -0.25) is 29.4 Å². The Morgan fingerprint density at radius 2 is 1.57 bits per heavy atom. The van der Waals surface area contributed by atoms with Crippen LogP contribution in [0.15, 0.2) is 12.1 Å². The number of fused-ring (bicyclic) bond motifs is 2. The van der Waals surface area contributed by atoms with Crippen LogP contribution in [0, 0.1) is 0 Å². The molecule has 0 bridgehead atoms. The molecule has 4 amide bonds. The Kier molecular flexibility index (Phi) is 3.80. The quantitative estimate of drug-likeness (QED) is 0.750. The third-order valence-corrected chi connectivity index (χ3v) is 6.41. The molecule has 1 aromatic rings. The number of amides is 4. The van der Waals surface area contributed by atoms with Gasteiger partial charge in [-0.15, -0.1) is 0 Å². The molecule has 2 fully saturated rings. The summed E-state index contributed by atoms with van der Waals surface area (Å²) in [4.78, 5) is 55.1. The topological polar surface area (TPSA) is 90.0 Å². The highest BCUT2D eigenvalue weighted by atomic mass is 16.2. The molecule has 8 heteroatoms. The summed E-state index contributed by atoms with van der Waals surface area (Å²) in [5.41, 5.74) is 2.91. The SMILES string of the molecule is CCN1CC(N2Cc3cc4c(cc3C2=O)CN(C2CCC(=O)NC2=O)C4=O)C1. The lowest BCUT2D eigenvalue weighted by Crippen LogP contribution is -2.59. The lowest BCUT2D eigenvalue weighted by atomic mass is 10.0. The second-order valence-corrected chi connectivity index (χ2v) is 8.01. The first-order valence-corrected chi connectivity index (χ1v) is 9.80. The first kappa shape index (κ1) is 17.4. The Hall–Kier alpha value is -2.74. The van der Waals surface area contributed by atoms with Crippen molar-refractivity contribution in [3.8, 4) is 0 Å². The number of likely N-dealkylation sites (N-methyl/N-ethyl adjacent to an activating group) is 1. The van der Waals surface area contributed by atoms with Crippen LogP contribution in [-0.2, 0) is 22.7 Å². The predicted molar refractivity (Wildman–Crippen MR) is 98.3 cm³/mol. The van der Waals surface area contributed by atoms with Crippen LogP contribution < -0.4 is 5.32 Å². The summed E-state index contributed by atoms with van der Waals surface area (Å²) < 4.78 is 0. The third kappa shape index (κ3) is 2.47. The van der Waals surface area contributed by atoms with E-state index in [0.29, 0.717) is 30.6 Å². The van der Waals surface area contributed by atoms with E-state index >= 15 is 0 Å². The summed E-state index contributed by atoms with van der Waals surface area (Å²) in [6.07, 6.45) is 0.572. The molecule has 1 aromatic carbocycles. The lowest BCUT2D eigenvalue weighted by Gasteiger charge is -2.43. The number of hydrogen-bond acceptors (Lipinski definition) is 5. The monoisotopic (exact) mass is 382 g/mol. The molecule has 4 aliphatic heterocycles. The fraction of sp³-hybridized carbons (Fsp3) is 0.500. The zero-order chi connectivity index (χ0) is 19.6. The molecule has 1 N–H and O–H groups in total. The van der Waals surface area contributed by atoms with Gasteiger partial charge < -0.3 is 9.80 Å². The van der Waals surface area contributed by atoms with Crippen LogP contribution in [0.4, 0.5) is 0 Å². The van der Waals surface area contributed by atoms with Gasteiger partial charge in [0.25, 0.3) is 11.8 Å². The summed E-state index contributed by atoms with van der Waals surface area (Å²) in [6.45, 7) is 5.74. The maximum atomic E-state index is 12.9. The van der Waals surface area contributed by atoms with Crippen molar-refractivity contribution >= 4 is 23.6 Å². The fourth-order valence-corrected chi connectivity index (χ4v) is 4.69. The van der Waals surface area contributed by atoms with E-state index in [1.165, 1.54) is 4.90 Å². The molecule has 8 nitrogen and oxygen atoms in total. The minimum absolute atomic E-state index is 0.0328. The highest BCUT2D eigenvalue weighted by molar-refractivity contribution is 6.07. The van der Waals surface area contributed by atoms with Gasteiger partial charge in [0, 0.05) is 43.7 Å². The van der Waals surface area contributed by atoms with Crippen molar-refractivity contribution in [2.75, 3.05) is 19.6 Å². The second-order valence-electron chi connectivity index (χ2n) is 8.01. The van der Waals surface area contributed by atoms with Gasteiger partial charge in [-0.1, -0.05) is 6.92 Å². The molecule has 4 heterocycles. The number of nitrogens with one attached hydrogen (secondary N) is 1. The summed E-state index contributed by atoms with van der Waals surface area (Å²) in [5, 5.41) is 2.31. The van der Waals surface area contributed by atoms with E-state index in [0.717, 1.165) is 30.8 Å². The smallest absolute Gasteiger partial charge is 0.255 e. The van der Waals surface area contributed by atoms with Crippen molar-refractivity contribution in [2.45, 2.75) is 44.9 Å². The Balaban J connectivity index is 1.37. The largest absolute Gasteiger partial charge is 0.329 e. The molecular weight excluding hydrogens is 360 g/mol. The van der Waals surface area contributed by atoms with Crippen molar-refractivity contribution in [3.63, 3.8) is 0 Å². The molecular formula is C20H22N4O4. The van der Waals surface area contributed by atoms with E-state index in [1.807, 2.05) is 17.0 Å². The van der Waals surface area contributed by atoms with Crippen LogP contribution in [0.1, 0.15) is 51.6 Å². The Labute approximate surface area is 162 Å². The van der Waals surface area contributed by atoms with Crippen molar-refractivity contribution in [1.82, 2.24) is 20.0 Å². The molecule has 1 atom stereocenters. The fourth-order valence-electron chi connectivity index (χ4n) is 4.69. The molecule has 146 valence electrons. The Morgan fingerprint density at radius 1 is 0.964 bits per heavy atom. The Morgan fingerprint density at radius 3 is 2.18 bits per heavy atom. The van der Waals surface area contributed by atoms with E-state index in [9.17, 15) is 19.2 Å². The maximum absolute atomic E-state index is 12.9. The van der Waals surface area contributed by atoms with E-state index < -0.39 is 11.9 Å². The number of carbonyl (C=O) groups is 4. The molecule has 1 unspecified atom stereocenters. The standard InChI is InChI=1S/C20H22N4O4/c1-2-22-9-13(10-22)23-7-11-5-15-12(6-14(11)19(23)27)8-24(20(15)28)16-3-4-17(25)21-18(16)26/h5-6,13,16H,2-4,7-10H2,1H3,(H,21,25,26). The van der Waals surface area contributed by atoms with Crippen molar-refractivity contribution in [2.24, 2.45) is 0 Å². The number of benzene rings is 1. The minimum Gasteiger partial charge on any atom is -0.329 e. The number of imide groups is 1. The second kappa shape index (κ2) is 6.13. The zero-order valence-corrected chi connectivity index (χ0v) is 15.7. The van der Waals surface area contributed by atoms with Gasteiger partial charge in [0.2, 0.25) is 11.8 Å². The molecule has 0 spiro atoms. The Bertz CT molecular complexity index is 921. The molecule has 0 aromatic heterocycles. The number of carbonyl (C=O) groups excluding carboxylic acids is 4. The number of nitrogens with zero attached hydrogens (tertiary/aromatic N) is 3. The van der Waals surface area contributed by atoms with Gasteiger partial charge in [-0.25, -0.2) is 0 Å². The van der Waals surface area contributed by atoms with Gasteiger partial charge in [0.15, 0.2) is 0 Å². The van der Waals surface area contributed by atoms with Crippen molar-refractivity contribution < 1.29 is 19.2 Å². The third-order valence-electron chi connectivity index (χ3n) is 6.41. The van der Waals surface area contributed by atoms with Crippen molar-refractivity contribution in [1.29, 1.82) is 0 Å². The van der Waals surface area contributed by atoms with Crippen LogP contribution >= 0.6 is 0 Å². The average molecular weight is 382 g/mol. The predicted octanol–water partition coefficient (Wildman–Crippen LogP) is 0.108. The van der Waals surface area contributed by atoms with E-state index in [4.69, 9.17) is 0 Å². The molecule has 5 rings (SSSR count). The van der Waals surface area contributed by atoms with Crippen LogP contribution in [0.3, 0.4) is 0 Å². The molecule has 0 aliphatic carbocycles. The summed E-state index contributed by atoms with van der Waals surface area (Å²) >= 11 is 0. The number of piperidine rings is 1. The molecule has 0 radical (unpaired) electrons. The number of rotatable bonds is 3. The van der Waals surface area contributed by atoms with E-state index in [1.54, 1.807) is 0 Å². The normalized spacial score (nSPS) is 25.1. The van der Waals surface area contributed by atoms with Gasteiger partial charge in [0.05, 0.1) is 6.04 Å². The van der Waals surface area contributed by atoms with Crippen LogP contribution in [0.2, 0.25) is 0 Å². The van der Waals surface area contributed by atoms with E-state index in [2.05, 4.69) is 17.1 Å². The maximum Gasteiger partial charge on any atom is 0.255 e. The average Bonchev–Trinajstić information content (AvgIpc) is 3.11. The van der Waals surface area contributed by atoms with Crippen LogP contribution in [-0.4, -0.2) is 70.0 Å². The highest BCUT2D eigenvalue weighted by Gasteiger charge is 2.43. The summed E-state index contributed by atoms with van der Waals surface area (Å²) in [7, 11) is 0. The van der Waals surface area contributed by atoms with Gasteiger partial charge in [0.1, 0.15) is 6.04 Å². The number of likely N-dealkylation sites (tertiary alicyclic amines) is 1. The zero-order valence-electron chi connectivity index (χ0n) is 15.7. The first-order valence-electron chi connectivity index (χ1n) is 9.80. The van der Waals surface area contributed by atoms with Gasteiger partial charge in [-0.2, -0.15) is 0 Å². The summed E-state index contributed by atoms with van der Waals surface area (Å²) in [5.74, 6) is -0.880. The van der Waals surface area contributed by atoms with Gasteiger partial charge >= 0.3 is 0 Å². The lowest BCUT2D eigenvalue weighted by molar-refractivity contribution is -0.136. The highest BCUT2D eigenvalue weighted by Crippen LogP contribution is 2.34. The van der Waals surface area contributed by atoms with Crippen LogP contribution in [0.5, 0.6) is 0 Å². The number of hydrogen-bond donors (Lipinski definition) is 1. The van der Waals surface area contributed by atoms with Gasteiger partial charge in [-0.05, 0) is 36.2 Å². The first-order chi connectivity index (χ1) is 13.5.